The van der Waals surface area contributed by atoms with Gasteiger partial charge >= 0.3 is 6.18 Å². The number of carbonyl (C=O) groups excluding carboxylic acids is 1. The van der Waals surface area contributed by atoms with E-state index in [9.17, 15) is 18.0 Å². The Balaban J connectivity index is 1.68. The molecule has 0 saturated carbocycles. The van der Waals surface area contributed by atoms with Gasteiger partial charge in [-0.2, -0.15) is 13.2 Å². The van der Waals surface area contributed by atoms with Crippen molar-refractivity contribution < 1.29 is 18.0 Å². The van der Waals surface area contributed by atoms with Crippen LogP contribution in [0.3, 0.4) is 0 Å². The van der Waals surface area contributed by atoms with Crippen LogP contribution >= 0.6 is 11.8 Å². The fourth-order valence-electron chi connectivity index (χ4n) is 4.12. The zero-order valence-electron chi connectivity index (χ0n) is 16.0. The number of halogens is 3. The van der Waals surface area contributed by atoms with Crippen molar-refractivity contribution in [3.8, 4) is 11.1 Å². The van der Waals surface area contributed by atoms with E-state index in [-0.39, 0.29) is 0 Å². The quantitative estimate of drug-likeness (QED) is 0.412. The van der Waals surface area contributed by atoms with E-state index in [0.29, 0.717) is 18.6 Å². The van der Waals surface area contributed by atoms with Gasteiger partial charge in [-0.15, -0.1) is 0 Å². The second kappa shape index (κ2) is 8.18. The second-order valence-corrected chi connectivity index (χ2v) is 8.22. The van der Waals surface area contributed by atoms with E-state index < -0.39 is 24.0 Å². The average Bonchev–Trinajstić information content (AvgIpc) is 3.35. The number of hydrogen-bond donors (Lipinski definition) is 2. The molecule has 0 unspecified atom stereocenters. The van der Waals surface area contributed by atoms with Crippen LogP contribution in [0.4, 0.5) is 13.2 Å². The average molecular weight is 431 g/mol. The minimum absolute atomic E-state index is 0.401. The highest BCUT2D eigenvalue weighted by atomic mass is 32.2. The van der Waals surface area contributed by atoms with Crippen molar-refractivity contribution in [1.29, 1.82) is 0 Å². The first-order valence-electron chi connectivity index (χ1n) is 9.58. The van der Waals surface area contributed by atoms with E-state index in [1.165, 1.54) is 11.8 Å². The van der Waals surface area contributed by atoms with Crippen molar-refractivity contribution >= 4 is 17.7 Å². The van der Waals surface area contributed by atoms with Gasteiger partial charge < -0.3 is 10.3 Å². The van der Waals surface area contributed by atoms with E-state index in [1.54, 1.807) is 12.4 Å². The van der Waals surface area contributed by atoms with Gasteiger partial charge in [-0.3, -0.25) is 4.79 Å². The topological polar surface area (TPSA) is 57.8 Å². The van der Waals surface area contributed by atoms with Crippen LogP contribution in [-0.4, -0.2) is 34.3 Å². The molecular weight excluding hydrogens is 411 g/mol. The van der Waals surface area contributed by atoms with Crippen LogP contribution in [0, 0.1) is 0 Å². The van der Waals surface area contributed by atoms with Crippen LogP contribution in [0.25, 0.3) is 11.1 Å². The summed E-state index contributed by atoms with van der Waals surface area (Å²) in [7, 11) is 0. The number of benzene rings is 2. The molecule has 0 aliphatic heterocycles. The highest BCUT2D eigenvalue weighted by molar-refractivity contribution is 7.99. The Morgan fingerprint density at radius 3 is 2.27 bits per heavy atom. The van der Waals surface area contributed by atoms with Gasteiger partial charge in [0.05, 0.1) is 0 Å². The molecule has 1 aromatic heterocycles. The Kier molecular flexibility index (Phi) is 5.60. The van der Waals surface area contributed by atoms with Gasteiger partial charge in [0.2, 0.25) is 5.91 Å². The van der Waals surface area contributed by atoms with Gasteiger partial charge in [0.15, 0.2) is 5.16 Å². The lowest BCUT2D eigenvalue weighted by molar-refractivity contribution is -0.141. The Labute approximate surface area is 176 Å². The molecule has 0 radical (unpaired) electrons. The number of carbonyl (C=O) groups is 1. The molecule has 2 N–H and O–H groups in total. The highest BCUT2D eigenvalue weighted by Gasteiger charge is 2.49. The van der Waals surface area contributed by atoms with E-state index in [1.807, 2.05) is 48.5 Å². The summed E-state index contributed by atoms with van der Waals surface area (Å²) in [5.41, 5.74) is 2.16. The number of H-pyrrole nitrogens is 1. The molecule has 30 heavy (non-hydrogen) atoms. The van der Waals surface area contributed by atoms with Crippen molar-refractivity contribution in [2.45, 2.75) is 29.6 Å². The number of aromatic amines is 1. The lowest BCUT2D eigenvalue weighted by Gasteiger charge is -2.31. The molecule has 1 aliphatic rings. The normalized spacial score (nSPS) is 14.2. The maximum Gasteiger partial charge on any atom is 0.405 e. The van der Waals surface area contributed by atoms with Crippen LogP contribution in [0.1, 0.15) is 24.0 Å². The third-order valence-corrected chi connectivity index (χ3v) is 6.30. The van der Waals surface area contributed by atoms with Crippen molar-refractivity contribution in [3.05, 3.63) is 72.1 Å². The number of nitrogens with one attached hydrogen (secondary N) is 2. The molecule has 1 aliphatic carbocycles. The molecule has 0 atom stereocenters. The third-order valence-electron chi connectivity index (χ3n) is 5.31. The Hall–Kier alpha value is -2.74. The van der Waals surface area contributed by atoms with Gasteiger partial charge in [-0.05, 0) is 35.1 Å². The molecule has 0 fully saturated rings. The van der Waals surface area contributed by atoms with Crippen molar-refractivity contribution in [3.63, 3.8) is 0 Å². The molecule has 0 saturated heterocycles. The molecule has 1 heterocycles. The summed E-state index contributed by atoms with van der Waals surface area (Å²) in [6.07, 6.45) is -0.0364. The van der Waals surface area contributed by atoms with Crippen LogP contribution < -0.4 is 5.32 Å². The second-order valence-electron chi connectivity index (χ2n) is 7.14. The Morgan fingerprint density at radius 2 is 1.70 bits per heavy atom. The number of fused-ring (bicyclic) bond motifs is 3. The van der Waals surface area contributed by atoms with Crippen molar-refractivity contribution in [2.75, 3.05) is 12.3 Å². The first kappa shape index (κ1) is 20.5. The van der Waals surface area contributed by atoms with E-state index in [4.69, 9.17) is 0 Å². The van der Waals surface area contributed by atoms with Gasteiger partial charge in [0.25, 0.3) is 0 Å². The van der Waals surface area contributed by atoms with E-state index >= 15 is 0 Å². The van der Waals surface area contributed by atoms with Crippen molar-refractivity contribution in [2.24, 2.45) is 0 Å². The number of amides is 1. The fourth-order valence-corrected chi connectivity index (χ4v) is 4.89. The SMILES string of the molecule is O=C(NCC(F)(F)F)C1(CCCSc2ncc[nH]2)c2ccccc2-c2ccccc21. The standard InChI is InChI=1S/C22H20F3N3OS/c23-22(24,25)14-28-19(29)21(10-5-13-30-20-26-11-12-27-20)17-8-3-1-6-15(17)16-7-2-4-9-18(16)21/h1-4,6-9,11-12H,5,10,13-14H2,(H,26,27)(H,28,29). The van der Waals surface area contributed by atoms with Gasteiger partial charge in [0, 0.05) is 18.1 Å². The van der Waals surface area contributed by atoms with E-state index in [0.717, 1.165) is 27.4 Å². The van der Waals surface area contributed by atoms with Gasteiger partial charge in [0.1, 0.15) is 12.0 Å². The number of thioether (sulfide) groups is 1. The summed E-state index contributed by atoms with van der Waals surface area (Å²) in [5, 5.41) is 2.93. The van der Waals surface area contributed by atoms with E-state index in [2.05, 4.69) is 15.3 Å². The fraction of sp³-hybridized carbons (Fsp3) is 0.273. The lowest BCUT2D eigenvalue weighted by atomic mass is 9.73. The summed E-state index contributed by atoms with van der Waals surface area (Å²) >= 11 is 1.52. The number of hydrogen-bond acceptors (Lipinski definition) is 3. The smallest absolute Gasteiger partial charge is 0.346 e. The summed E-state index contributed by atoms with van der Waals surface area (Å²) in [5.74, 6) is 0.0758. The monoisotopic (exact) mass is 431 g/mol. The zero-order valence-corrected chi connectivity index (χ0v) is 16.8. The first-order valence-corrected chi connectivity index (χ1v) is 10.6. The molecule has 0 bridgehead atoms. The Morgan fingerprint density at radius 1 is 1.07 bits per heavy atom. The number of rotatable bonds is 7. The summed E-state index contributed by atoms with van der Waals surface area (Å²) in [6, 6.07) is 15.0. The van der Waals surface area contributed by atoms with Crippen LogP contribution in [0.2, 0.25) is 0 Å². The predicted molar refractivity (Wildman–Crippen MR) is 110 cm³/mol. The van der Waals surface area contributed by atoms with Crippen LogP contribution in [0.15, 0.2) is 66.1 Å². The molecule has 8 heteroatoms. The molecule has 3 aromatic rings. The minimum atomic E-state index is -4.47. The number of alkyl halides is 3. The minimum Gasteiger partial charge on any atom is -0.346 e. The first-order chi connectivity index (χ1) is 14.4. The van der Waals surface area contributed by atoms with Crippen LogP contribution in [-0.2, 0) is 10.2 Å². The number of imidazole rings is 1. The molecule has 0 spiro atoms. The summed E-state index contributed by atoms with van der Waals surface area (Å²) in [6.45, 7) is -1.35. The number of nitrogens with zero attached hydrogens (tertiary/aromatic N) is 1. The van der Waals surface area contributed by atoms with Gasteiger partial charge in [-0.1, -0.05) is 60.3 Å². The predicted octanol–water partition coefficient (Wildman–Crippen LogP) is 4.93. The van der Waals surface area contributed by atoms with Crippen molar-refractivity contribution in [1.82, 2.24) is 15.3 Å². The van der Waals surface area contributed by atoms with Crippen LogP contribution in [0.5, 0.6) is 0 Å². The molecule has 156 valence electrons. The zero-order chi connectivity index (χ0) is 21.2. The molecule has 4 rings (SSSR count). The third kappa shape index (κ3) is 3.84. The molecular formula is C22H20F3N3OS. The van der Waals surface area contributed by atoms with Gasteiger partial charge in [-0.25, -0.2) is 4.98 Å². The summed E-state index contributed by atoms with van der Waals surface area (Å²) in [4.78, 5) is 20.5. The molecule has 2 aromatic carbocycles. The number of aromatic nitrogens is 2. The molecule has 4 nitrogen and oxygen atoms in total. The molecule has 1 amide bonds. The maximum atomic E-state index is 13.3. The summed E-state index contributed by atoms with van der Waals surface area (Å²) < 4.78 is 38.6. The Bertz CT molecular complexity index is 989. The largest absolute Gasteiger partial charge is 0.405 e. The maximum absolute atomic E-state index is 13.3. The highest BCUT2D eigenvalue weighted by Crippen LogP contribution is 2.51. The lowest BCUT2D eigenvalue weighted by Crippen LogP contribution is -2.47.